The van der Waals surface area contributed by atoms with Crippen LogP contribution in [0.3, 0.4) is 0 Å². The van der Waals surface area contributed by atoms with Gasteiger partial charge in [-0.2, -0.15) is 0 Å². The number of aliphatic hydroxyl groups is 1. The Morgan fingerprint density at radius 3 is 2.80 bits per heavy atom. The molecule has 2 N–H and O–H groups in total. The molecule has 1 heterocycles. The molecule has 0 bridgehead atoms. The van der Waals surface area contributed by atoms with Gasteiger partial charge >= 0.3 is 6.03 Å². The molecule has 138 valence electrons. The Labute approximate surface area is 150 Å². The van der Waals surface area contributed by atoms with Gasteiger partial charge in [0.25, 0.3) is 0 Å². The molecule has 1 saturated carbocycles. The van der Waals surface area contributed by atoms with Crippen LogP contribution in [-0.2, 0) is 11.2 Å². The molecule has 5 nitrogen and oxygen atoms in total. The molecule has 1 aliphatic heterocycles. The van der Waals surface area contributed by atoms with E-state index in [4.69, 9.17) is 4.74 Å². The summed E-state index contributed by atoms with van der Waals surface area (Å²) in [5.41, 5.74) is 2.36. The van der Waals surface area contributed by atoms with Crippen LogP contribution in [0.5, 0.6) is 0 Å². The predicted octanol–water partition coefficient (Wildman–Crippen LogP) is 2.50. The van der Waals surface area contributed by atoms with Crippen LogP contribution in [0.4, 0.5) is 4.79 Å². The number of nitrogens with one attached hydrogen (secondary N) is 1. The first kappa shape index (κ1) is 18.2. The van der Waals surface area contributed by atoms with Gasteiger partial charge in [-0.15, -0.1) is 0 Å². The lowest BCUT2D eigenvalue weighted by Gasteiger charge is -2.56. The second-order valence-corrected chi connectivity index (χ2v) is 7.39. The Balaban J connectivity index is 1.44. The number of aryl methyl sites for hydroxylation is 1. The molecule has 0 unspecified atom stereocenters. The minimum Gasteiger partial charge on any atom is -0.392 e. The van der Waals surface area contributed by atoms with Crippen molar-refractivity contribution < 1.29 is 14.6 Å². The number of urea groups is 1. The van der Waals surface area contributed by atoms with E-state index in [2.05, 4.69) is 36.5 Å². The fourth-order valence-corrected chi connectivity index (χ4v) is 4.24. The number of ether oxygens (including phenoxy) is 1. The Bertz CT molecular complexity index is 594. The normalized spacial score (nSPS) is 24.8. The molecule has 1 aliphatic carbocycles. The SMILES string of the molecule is CCO[C@@H]1C[C@@H](O)C12CCN(C(=O)NCCc1cccc(C)c1)CC2. The topological polar surface area (TPSA) is 61.8 Å². The molecular formula is C20H30N2O3. The van der Waals surface area contributed by atoms with Crippen LogP contribution in [-0.4, -0.2) is 54.5 Å². The standard InChI is InChI=1S/C20H30N2O3/c1-3-25-18-14-17(23)20(18)8-11-22(12-9-20)19(24)21-10-7-16-6-4-5-15(2)13-16/h4-6,13,17-18,23H,3,7-12,14H2,1-2H3,(H,21,24)/t17-,18-/m1/s1. The zero-order valence-corrected chi connectivity index (χ0v) is 15.3. The zero-order valence-electron chi connectivity index (χ0n) is 15.3. The van der Waals surface area contributed by atoms with Crippen LogP contribution < -0.4 is 5.32 Å². The molecule has 2 aliphatic rings. The van der Waals surface area contributed by atoms with E-state index in [0.717, 1.165) is 25.7 Å². The number of hydrogen-bond acceptors (Lipinski definition) is 3. The molecule has 3 rings (SSSR count). The lowest BCUT2D eigenvalue weighted by atomic mass is 9.58. The largest absolute Gasteiger partial charge is 0.392 e. The first-order chi connectivity index (χ1) is 12.0. The van der Waals surface area contributed by atoms with Crippen molar-refractivity contribution >= 4 is 6.03 Å². The Morgan fingerprint density at radius 2 is 2.16 bits per heavy atom. The van der Waals surface area contributed by atoms with Crippen molar-refractivity contribution in [1.82, 2.24) is 10.2 Å². The van der Waals surface area contributed by atoms with Crippen molar-refractivity contribution in [3.63, 3.8) is 0 Å². The van der Waals surface area contributed by atoms with Crippen molar-refractivity contribution in [2.75, 3.05) is 26.2 Å². The Hall–Kier alpha value is -1.59. The maximum Gasteiger partial charge on any atom is 0.317 e. The number of hydrogen-bond donors (Lipinski definition) is 2. The molecule has 5 heteroatoms. The number of nitrogens with zero attached hydrogens (tertiary/aromatic N) is 1. The molecular weight excluding hydrogens is 316 g/mol. The molecule has 1 spiro atoms. The highest BCUT2D eigenvalue weighted by atomic mass is 16.5. The molecule has 1 aromatic rings. The van der Waals surface area contributed by atoms with Crippen LogP contribution in [0.2, 0.25) is 0 Å². The van der Waals surface area contributed by atoms with Gasteiger partial charge in [0.05, 0.1) is 12.2 Å². The van der Waals surface area contributed by atoms with Gasteiger partial charge in [-0.05, 0) is 38.7 Å². The number of benzene rings is 1. The minimum atomic E-state index is -0.282. The first-order valence-corrected chi connectivity index (χ1v) is 9.43. The van der Waals surface area contributed by atoms with E-state index >= 15 is 0 Å². The van der Waals surface area contributed by atoms with Crippen LogP contribution in [0.25, 0.3) is 0 Å². The molecule has 1 saturated heterocycles. The summed E-state index contributed by atoms with van der Waals surface area (Å²) in [5, 5.41) is 13.3. The van der Waals surface area contributed by atoms with Gasteiger partial charge in [-0.1, -0.05) is 29.8 Å². The summed E-state index contributed by atoms with van der Waals surface area (Å²) < 4.78 is 5.78. The predicted molar refractivity (Wildman–Crippen MR) is 97.6 cm³/mol. The lowest BCUT2D eigenvalue weighted by molar-refractivity contribution is -0.207. The fourth-order valence-electron chi connectivity index (χ4n) is 4.24. The number of carbonyl (C=O) groups is 1. The van der Waals surface area contributed by atoms with Crippen molar-refractivity contribution in [3.05, 3.63) is 35.4 Å². The number of carbonyl (C=O) groups excluding carboxylic acids is 1. The van der Waals surface area contributed by atoms with Gasteiger partial charge in [0.15, 0.2) is 0 Å². The highest BCUT2D eigenvalue weighted by Crippen LogP contribution is 2.50. The lowest BCUT2D eigenvalue weighted by Crippen LogP contribution is -2.63. The fraction of sp³-hybridized carbons (Fsp3) is 0.650. The molecule has 0 radical (unpaired) electrons. The van der Waals surface area contributed by atoms with Gasteiger partial charge in [0, 0.05) is 38.1 Å². The van der Waals surface area contributed by atoms with Crippen molar-refractivity contribution in [2.24, 2.45) is 5.41 Å². The third-order valence-electron chi connectivity index (χ3n) is 5.86. The Kier molecular flexibility index (Phi) is 5.64. The number of rotatable bonds is 5. The Morgan fingerprint density at radius 1 is 1.40 bits per heavy atom. The summed E-state index contributed by atoms with van der Waals surface area (Å²) in [5.74, 6) is 0. The monoisotopic (exact) mass is 346 g/mol. The highest BCUT2D eigenvalue weighted by molar-refractivity contribution is 5.74. The quantitative estimate of drug-likeness (QED) is 0.861. The maximum atomic E-state index is 12.4. The second-order valence-electron chi connectivity index (χ2n) is 7.39. The van der Waals surface area contributed by atoms with Gasteiger partial charge in [0.1, 0.15) is 0 Å². The smallest absolute Gasteiger partial charge is 0.317 e. The zero-order chi connectivity index (χ0) is 17.9. The van der Waals surface area contributed by atoms with Gasteiger partial charge in [-0.25, -0.2) is 4.79 Å². The van der Waals surface area contributed by atoms with Gasteiger partial charge in [0.2, 0.25) is 0 Å². The summed E-state index contributed by atoms with van der Waals surface area (Å²) >= 11 is 0. The van der Waals surface area contributed by atoms with Crippen molar-refractivity contribution in [1.29, 1.82) is 0 Å². The van der Waals surface area contributed by atoms with Gasteiger partial charge in [-0.3, -0.25) is 0 Å². The third-order valence-corrected chi connectivity index (χ3v) is 5.86. The van der Waals surface area contributed by atoms with E-state index in [1.54, 1.807) is 0 Å². The van der Waals surface area contributed by atoms with E-state index in [1.807, 2.05) is 11.8 Å². The molecule has 2 fully saturated rings. The molecule has 25 heavy (non-hydrogen) atoms. The summed E-state index contributed by atoms with van der Waals surface area (Å²) in [7, 11) is 0. The van der Waals surface area contributed by atoms with Crippen LogP contribution in [0.1, 0.15) is 37.3 Å². The van der Waals surface area contributed by atoms with E-state index in [9.17, 15) is 9.90 Å². The molecule has 1 aromatic carbocycles. The van der Waals surface area contributed by atoms with Crippen LogP contribution >= 0.6 is 0 Å². The first-order valence-electron chi connectivity index (χ1n) is 9.43. The number of amides is 2. The maximum absolute atomic E-state index is 12.4. The molecule has 2 atom stereocenters. The molecule has 0 aromatic heterocycles. The number of likely N-dealkylation sites (tertiary alicyclic amines) is 1. The summed E-state index contributed by atoms with van der Waals surface area (Å²) in [4.78, 5) is 14.3. The second kappa shape index (κ2) is 7.75. The van der Waals surface area contributed by atoms with Crippen molar-refractivity contribution in [2.45, 2.75) is 51.7 Å². The molecule has 2 amide bonds. The third kappa shape index (κ3) is 3.82. The van der Waals surface area contributed by atoms with Gasteiger partial charge < -0.3 is 20.1 Å². The summed E-state index contributed by atoms with van der Waals surface area (Å²) in [6.07, 6.45) is 3.09. The van der Waals surface area contributed by atoms with E-state index < -0.39 is 0 Å². The number of piperidine rings is 1. The average Bonchev–Trinajstić information content (AvgIpc) is 2.62. The van der Waals surface area contributed by atoms with E-state index in [-0.39, 0.29) is 23.7 Å². The minimum absolute atomic E-state index is 0.00396. The summed E-state index contributed by atoms with van der Waals surface area (Å²) in [6.45, 7) is 6.79. The van der Waals surface area contributed by atoms with Crippen LogP contribution in [0, 0.1) is 12.3 Å². The van der Waals surface area contributed by atoms with E-state index in [0.29, 0.717) is 26.2 Å². The highest BCUT2D eigenvalue weighted by Gasteiger charge is 2.56. The average molecular weight is 346 g/mol. The summed E-state index contributed by atoms with van der Waals surface area (Å²) in [6, 6.07) is 8.38. The van der Waals surface area contributed by atoms with E-state index in [1.165, 1.54) is 11.1 Å². The van der Waals surface area contributed by atoms with Crippen molar-refractivity contribution in [3.8, 4) is 0 Å². The number of aliphatic hydroxyl groups excluding tert-OH is 1. The van der Waals surface area contributed by atoms with Crippen LogP contribution in [0.15, 0.2) is 24.3 Å².